The summed E-state index contributed by atoms with van der Waals surface area (Å²) in [6.07, 6.45) is -8.37. The van der Waals surface area contributed by atoms with Gasteiger partial charge in [0.2, 0.25) is 5.78 Å². The van der Waals surface area contributed by atoms with Crippen LogP contribution in [0.2, 0.25) is 0 Å². The predicted molar refractivity (Wildman–Crippen MR) is 56.3 cm³/mol. The molecule has 0 fully saturated rings. The lowest BCUT2D eigenvalue weighted by Gasteiger charge is -2.26. The number of alkyl halides is 7. The van der Waals surface area contributed by atoms with Gasteiger partial charge in [0, 0.05) is 5.56 Å². The molecule has 2 nitrogen and oxygen atoms in total. The number of hydrogen-bond acceptors (Lipinski definition) is 2. The van der Waals surface area contributed by atoms with E-state index in [1.54, 1.807) is 0 Å². The van der Waals surface area contributed by atoms with E-state index in [1.807, 2.05) is 0 Å². The Bertz CT molecular complexity index is 534. The number of ketones is 2. The van der Waals surface area contributed by atoms with Crippen LogP contribution in [0.3, 0.4) is 0 Å². The third-order valence-corrected chi connectivity index (χ3v) is 2.52. The first-order valence-electron chi connectivity index (χ1n) is 5.35. The van der Waals surface area contributed by atoms with E-state index in [0.29, 0.717) is 0 Å². The monoisotopic (exact) mass is 316 g/mol. The number of rotatable bonds is 5. The summed E-state index contributed by atoms with van der Waals surface area (Å²) in [5.74, 6) is -16.6. The molecule has 1 aromatic carbocycles. The van der Waals surface area contributed by atoms with Gasteiger partial charge >= 0.3 is 18.0 Å². The zero-order valence-electron chi connectivity index (χ0n) is 10.1. The number of benzene rings is 1. The molecule has 0 aliphatic carbocycles. The van der Waals surface area contributed by atoms with Crippen LogP contribution in [0.25, 0.3) is 0 Å². The summed E-state index contributed by atoms with van der Waals surface area (Å²) < 4.78 is 86.8. The first-order valence-corrected chi connectivity index (χ1v) is 5.35. The molecule has 9 heteroatoms. The van der Waals surface area contributed by atoms with Crippen LogP contribution in [-0.4, -0.2) is 29.6 Å². The van der Waals surface area contributed by atoms with E-state index < -0.39 is 36.0 Å². The number of carbonyl (C=O) groups excluding carboxylic acids is 2. The van der Waals surface area contributed by atoms with Gasteiger partial charge in [-0.1, -0.05) is 30.3 Å². The zero-order chi connectivity index (χ0) is 16.5. The van der Waals surface area contributed by atoms with Crippen molar-refractivity contribution in [3.8, 4) is 0 Å². The highest BCUT2D eigenvalue weighted by Crippen LogP contribution is 2.47. The van der Waals surface area contributed by atoms with E-state index >= 15 is 0 Å². The summed E-state index contributed by atoms with van der Waals surface area (Å²) in [5, 5.41) is 0. The molecule has 0 aromatic heterocycles. The van der Waals surface area contributed by atoms with Gasteiger partial charge in [0.15, 0.2) is 5.78 Å². The van der Waals surface area contributed by atoms with E-state index in [1.165, 1.54) is 18.2 Å². The number of halogens is 7. The first-order chi connectivity index (χ1) is 9.41. The van der Waals surface area contributed by atoms with Crippen molar-refractivity contribution in [3.05, 3.63) is 35.9 Å². The Morgan fingerprint density at radius 2 is 1.33 bits per heavy atom. The fraction of sp³-hybridized carbons (Fsp3) is 0.333. The van der Waals surface area contributed by atoms with E-state index in [9.17, 15) is 40.3 Å². The Morgan fingerprint density at radius 3 is 1.76 bits per heavy atom. The van der Waals surface area contributed by atoms with E-state index in [0.717, 1.165) is 12.1 Å². The second-order valence-electron chi connectivity index (χ2n) is 4.04. The summed E-state index contributed by atoms with van der Waals surface area (Å²) in [5.41, 5.74) is -0.253. The van der Waals surface area contributed by atoms with Crippen LogP contribution in [-0.2, 0) is 4.79 Å². The number of hydrogen-bond donors (Lipinski definition) is 0. The van der Waals surface area contributed by atoms with Gasteiger partial charge in [0.1, 0.15) is 0 Å². The normalized spacial score (nSPS) is 13.1. The van der Waals surface area contributed by atoms with Gasteiger partial charge in [0.05, 0.1) is 6.42 Å². The standard InChI is InChI=1S/C12H7F7O2/c13-10(14,11(15,16)12(17,18)19)9(21)6-8(20)7-4-2-1-3-5-7/h1-5H,6H2. The topological polar surface area (TPSA) is 34.1 Å². The summed E-state index contributed by atoms with van der Waals surface area (Å²) in [6, 6.07) is 6.27. The van der Waals surface area contributed by atoms with Gasteiger partial charge in [0.25, 0.3) is 0 Å². The van der Waals surface area contributed by atoms with Crippen molar-refractivity contribution in [3.63, 3.8) is 0 Å². The van der Waals surface area contributed by atoms with E-state index in [-0.39, 0.29) is 5.56 Å². The molecule has 116 valence electrons. The summed E-state index contributed by atoms with van der Waals surface area (Å²) >= 11 is 0. The molecule has 0 heterocycles. The van der Waals surface area contributed by atoms with Crippen LogP contribution in [0.15, 0.2) is 30.3 Å². The van der Waals surface area contributed by atoms with Gasteiger partial charge in [-0.25, -0.2) is 0 Å². The maximum absolute atomic E-state index is 13.0. The molecular formula is C12H7F7O2. The van der Waals surface area contributed by atoms with Crippen molar-refractivity contribution in [2.24, 2.45) is 0 Å². The summed E-state index contributed by atoms with van der Waals surface area (Å²) in [4.78, 5) is 22.4. The van der Waals surface area contributed by atoms with Crippen LogP contribution in [0.5, 0.6) is 0 Å². The van der Waals surface area contributed by atoms with Gasteiger partial charge in [-0.05, 0) is 0 Å². The minimum Gasteiger partial charge on any atom is -0.294 e. The quantitative estimate of drug-likeness (QED) is 0.472. The molecule has 1 aromatic rings. The number of carbonyl (C=O) groups is 2. The highest BCUT2D eigenvalue weighted by atomic mass is 19.4. The van der Waals surface area contributed by atoms with Crippen molar-refractivity contribution in [1.29, 1.82) is 0 Å². The molecule has 0 saturated carbocycles. The fourth-order valence-corrected chi connectivity index (χ4v) is 1.34. The van der Waals surface area contributed by atoms with Crippen LogP contribution < -0.4 is 0 Å². The minimum atomic E-state index is -6.61. The summed E-state index contributed by atoms with van der Waals surface area (Å²) in [6.45, 7) is 0. The van der Waals surface area contributed by atoms with Crippen LogP contribution in [0, 0.1) is 0 Å². The fourth-order valence-electron chi connectivity index (χ4n) is 1.34. The molecule has 0 aliphatic heterocycles. The maximum Gasteiger partial charge on any atom is 0.460 e. The van der Waals surface area contributed by atoms with Crippen molar-refractivity contribution in [2.75, 3.05) is 0 Å². The first kappa shape index (κ1) is 17.1. The van der Waals surface area contributed by atoms with Crippen LogP contribution in [0.1, 0.15) is 16.8 Å². The van der Waals surface area contributed by atoms with E-state index in [4.69, 9.17) is 0 Å². The average Bonchev–Trinajstić information content (AvgIpc) is 2.38. The Hall–Kier alpha value is -1.93. The number of Topliss-reactive ketones (excluding diaryl/α,β-unsaturated/α-hetero) is 2. The Balaban J connectivity index is 2.96. The zero-order valence-corrected chi connectivity index (χ0v) is 10.1. The smallest absolute Gasteiger partial charge is 0.294 e. The second-order valence-corrected chi connectivity index (χ2v) is 4.04. The van der Waals surface area contributed by atoms with Gasteiger partial charge in [-0.15, -0.1) is 0 Å². The van der Waals surface area contributed by atoms with Crippen molar-refractivity contribution >= 4 is 11.6 Å². The molecule has 0 spiro atoms. The third kappa shape index (κ3) is 3.22. The van der Waals surface area contributed by atoms with Gasteiger partial charge in [-0.3, -0.25) is 9.59 Å². The van der Waals surface area contributed by atoms with Crippen molar-refractivity contribution in [2.45, 2.75) is 24.4 Å². The summed E-state index contributed by atoms with van der Waals surface area (Å²) in [7, 11) is 0. The van der Waals surface area contributed by atoms with Crippen LogP contribution >= 0.6 is 0 Å². The highest BCUT2D eigenvalue weighted by molar-refractivity contribution is 6.10. The molecular weight excluding hydrogens is 309 g/mol. The lowest BCUT2D eigenvalue weighted by atomic mass is 9.99. The third-order valence-electron chi connectivity index (χ3n) is 2.52. The van der Waals surface area contributed by atoms with Crippen molar-refractivity contribution < 1.29 is 40.3 Å². The highest BCUT2D eigenvalue weighted by Gasteiger charge is 2.75. The molecule has 0 radical (unpaired) electrons. The maximum atomic E-state index is 13.0. The molecule has 0 amide bonds. The van der Waals surface area contributed by atoms with Gasteiger partial charge < -0.3 is 0 Å². The second kappa shape index (κ2) is 5.45. The molecule has 0 saturated heterocycles. The lowest BCUT2D eigenvalue weighted by Crippen LogP contribution is -2.56. The molecule has 1 rings (SSSR count). The van der Waals surface area contributed by atoms with Gasteiger partial charge in [-0.2, -0.15) is 30.7 Å². The van der Waals surface area contributed by atoms with E-state index in [2.05, 4.69) is 0 Å². The molecule has 21 heavy (non-hydrogen) atoms. The Morgan fingerprint density at radius 1 is 0.857 bits per heavy atom. The molecule has 0 aliphatic rings. The Labute approximate surface area is 113 Å². The van der Waals surface area contributed by atoms with Crippen molar-refractivity contribution in [1.82, 2.24) is 0 Å². The Kier molecular flexibility index (Phi) is 4.45. The molecule has 0 atom stereocenters. The largest absolute Gasteiger partial charge is 0.460 e. The average molecular weight is 316 g/mol. The minimum absolute atomic E-state index is 0.253. The lowest BCUT2D eigenvalue weighted by molar-refractivity contribution is -0.343. The molecule has 0 bridgehead atoms. The predicted octanol–water partition coefficient (Wildman–Crippen LogP) is 3.66. The van der Waals surface area contributed by atoms with Crippen LogP contribution in [0.4, 0.5) is 30.7 Å². The molecule has 0 unspecified atom stereocenters. The SMILES string of the molecule is O=C(CC(=O)C(F)(F)C(F)(F)C(F)(F)F)c1ccccc1. The molecule has 0 N–H and O–H groups in total.